The summed E-state index contributed by atoms with van der Waals surface area (Å²) < 4.78 is 0. The molecule has 2 aromatic carbocycles. The Morgan fingerprint density at radius 1 is 0.810 bits per heavy atom. The van der Waals surface area contributed by atoms with Crippen LogP contribution in [-0.2, 0) is 12.8 Å². The van der Waals surface area contributed by atoms with Gasteiger partial charge in [-0.3, -0.25) is 9.59 Å². The first-order valence-corrected chi connectivity index (χ1v) is 7.30. The summed E-state index contributed by atoms with van der Waals surface area (Å²) in [6.07, 6.45) is 2.26. The largest absolute Gasteiger partial charge is 0.308 e. The highest BCUT2D eigenvalue weighted by molar-refractivity contribution is 6.08. The maximum absolute atomic E-state index is 12.6. The molecule has 1 heterocycles. The van der Waals surface area contributed by atoms with Crippen LogP contribution in [0.15, 0.2) is 42.5 Å². The van der Waals surface area contributed by atoms with Crippen molar-refractivity contribution in [3.8, 4) is 0 Å². The molecule has 0 aromatic heterocycles. The van der Waals surface area contributed by atoms with Gasteiger partial charge in [-0.05, 0) is 48.2 Å². The zero-order valence-electron chi connectivity index (χ0n) is 11.6. The summed E-state index contributed by atoms with van der Waals surface area (Å²) in [5.74, 6) is 0.271. The van der Waals surface area contributed by atoms with Crippen molar-refractivity contribution in [1.29, 1.82) is 0 Å². The van der Waals surface area contributed by atoms with Gasteiger partial charge in [0.25, 0.3) is 5.91 Å². The first-order valence-electron chi connectivity index (χ1n) is 7.30. The van der Waals surface area contributed by atoms with Crippen LogP contribution in [0.4, 0.5) is 5.69 Å². The van der Waals surface area contributed by atoms with Gasteiger partial charge in [0, 0.05) is 29.8 Å². The van der Waals surface area contributed by atoms with Gasteiger partial charge in [0.1, 0.15) is 0 Å². The second kappa shape index (κ2) is 4.55. The standard InChI is InChI=1S/C18H15NO2/c20-17-8-5-13-11-14(6-7-15(13)17)19-10-9-12-3-1-2-4-16(12)18(19)21/h1-4,6-7,11H,5,8-10H2. The van der Waals surface area contributed by atoms with Crippen molar-refractivity contribution in [2.45, 2.75) is 19.3 Å². The van der Waals surface area contributed by atoms with E-state index in [1.54, 1.807) is 0 Å². The normalized spacial score (nSPS) is 16.9. The fourth-order valence-electron chi connectivity index (χ4n) is 3.28. The first kappa shape index (κ1) is 12.3. The minimum Gasteiger partial charge on any atom is -0.308 e. The number of rotatable bonds is 1. The number of benzene rings is 2. The maximum Gasteiger partial charge on any atom is 0.258 e. The van der Waals surface area contributed by atoms with Crippen LogP contribution in [0.2, 0.25) is 0 Å². The number of carbonyl (C=O) groups excluding carboxylic acids is 2. The average molecular weight is 277 g/mol. The van der Waals surface area contributed by atoms with E-state index in [9.17, 15) is 9.59 Å². The van der Waals surface area contributed by atoms with Gasteiger partial charge in [0.2, 0.25) is 0 Å². The van der Waals surface area contributed by atoms with Crippen molar-refractivity contribution in [2.24, 2.45) is 0 Å². The smallest absolute Gasteiger partial charge is 0.258 e. The van der Waals surface area contributed by atoms with E-state index in [0.717, 1.165) is 40.8 Å². The lowest BCUT2D eigenvalue weighted by Gasteiger charge is -2.29. The number of nitrogens with zero attached hydrogens (tertiary/aromatic N) is 1. The van der Waals surface area contributed by atoms with Crippen LogP contribution in [0, 0.1) is 0 Å². The topological polar surface area (TPSA) is 37.4 Å². The maximum atomic E-state index is 12.6. The molecule has 0 bridgehead atoms. The van der Waals surface area contributed by atoms with Gasteiger partial charge in [-0.1, -0.05) is 18.2 Å². The summed E-state index contributed by atoms with van der Waals surface area (Å²) in [6.45, 7) is 0.697. The lowest BCUT2D eigenvalue weighted by atomic mass is 9.98. The summed E-state index contributed by atoms with van der Waals surface area (Å²) in [5, 5.41) is 0. The third-order valence-electron chi connectivity index (χ3n) is 4.42. The molecule has 0 N–H and O–H groups in total. The van der Waals surface area contributed by atoms with Crippen molar-refractivity contribution < 1.29 is 9.59 Å². The first-order chi connectivity index (χ1) is 10.2. The van der Waals surface area contributed by atoms with Crippen molar-refractivity contribution in [2.75, 3.05) is 11.4 Å². The predicted octanol–water partition coefficient (Wildman–Crippen LogP) is 3.02. The number of Topliss-reactive ketones (excluding diaryl/α,β-unsaturated/α-hetero) is 1. The number of fused-ring (bicyclic) bond motifs is 2. The number of aryl methyl sites for hydroxylation is 1. The molecule has 1 amide bonds. The Kier molecular flexibility index (Phi) is 2.67. The van der Waals surface area contributed by atoms with Gasteiger partial charge >= 0.3 is 0 Å². The van der Waals surface area contributed by atoms with Crippen LogP contribution in [0.3, 0.4) is 0 Å². The van der Waals surface area contributed by atoms with Crippen LogP contribution in [0.5, 0.6) is 0 Å². The Hall–Kier alpha value is -2.42. The molecular weight excluding hydrogens is 262 g/mol. The van der Waals surface area contributed by atoms with Crippen molar-refractivity contribution in [3.63, 3.8) is 0 Å². The Balaban J connectivity index is 1.72. The molecule has 2 aliphatic rings. The van der Waals surface area contributed by atoms with Crippen molar-refractivity contribution >= 4 is 17.4 Å². The molecule has 1 aliphatic heterocycles. The fourth-order valence-corrected chi connectivity index (χ4v) is 3.28. The van der Waals surface area contributed by atoms with Crippen LogP contribution < -0.4 is 4.90 Å². The van der Waals surface area contributed by atoms with E-state index in [0.29, 0.717) is 13.0 Å². The van der Waals surface area contributed by atoms with Crippen LogP contribution in [0.25, 0.3) is 0 Å². The summed E-state index contributed by atoms with van der Waals surface area (Å²) in [5.41, 5.74) is 4.71. The van der Waals surface area contributed by atoms with Crippen LogP contribution >= 0.6 is 0 Å². The van der Waals surface area contributed by atoms with E-state index in [1.165, 1.54) is 0 Å². The average Bonchev–Trinajstić information content (AvgIpc) is 2.89. The van der Waals surface area contributed by atoms with E-state index in [2.05, 4.69) is 0 Å². The Morgan fingerprint density at radius 2 is 1.67 bits per heavy atom. The monoisotopic (exact) mass is 277 g/mol. The highest BCUT2D eigenvalue weighted by Gasteiger charge is 2.27. The summed E-state index contributed by atoms with van der Waals surface area (Å²) >= 11 is 0. The van der Waals surface area contributed by atoms with Gasteiger partial charge in [-0.15, -0.1) is 0 Å². The van der Waals surface area contributed by atoms with Crippen molar-refractivity contribution in [3.05, 3.63) is 64.7 Å². The molecule has 104 valence electrons. The summed E-state index contributed by atoms with van der Waals surface area (Å²) in [4.78, 5) is 26.2. The molecular formula is C18H15NO2. The predicted molar refractivity (Wildman–Crippen MR) is 80.9 cm³/mol. The molecule has 0 radical (unpaired) electrons. The van der Waals surface area contributed by atoms with E-state index in [-0.39, 0.29) is 11.7 Å². The lowest BCUT2D eigenvalue weighted by Crippen LogP contribution is -2.37. The summed E-state index contributed by atoms with van der Waals surface area (Å²) in [6, 6.07) is 13.6. The number of amides is 1. The van der Waals surface area contributed by atoms with Crippen LogP contribution in [-0.4, -0.2) is 18.2 Å². The number of carbonyl (C=O) groups is 2. The zero-order chi connectivity index (χ0) is 14.4. The second-order valence-corrected chi connectivity index (χ2v) is 5.63. The molecule has 3 nitrogen and oxygen atoms in total. The Bertz CT molecular complexity index is 764. The number of ketones is 1. The van der Waals surface area contributed by atoms with E-state index in [4.69, 9.17) is 0 Å². The molecule has 0 fully saturated rings. The molecule has 0 atom stereocenters. The third kappa shape index (κ3) is 1.88. The Labute approximate surface area is 123 Å². The molecule has 0 unspecified atom stereocenters. The highest BCUT2D eigenvalue weighted by atomic mass is 16.2. The summed E-state index contributed by atoms with van der Waals surface area (Å²) in [7, 11) is 0. The SMILES string of the molecule is O=C1CCc2cc(N3CCc4ccccc4C3=O)ccc21. The van der Waals surface area contributed by atoms with Gasteiger partial charge < -0.3 is 4.90 Å². The van der Waals surface area contributed by atoms with Gasteiger partial charge in [-0.2, -0.15) is 0 Å². The minimum atomic E-state index is 0.0566. The third-order valence-corrected chi connectivity index (χ3v) is 4.42. The van der Waals surface area contributed by atoms with Gasteiger partial charge in [0.15, 0.2) is 5.78 Å². The van der Waals surface area contributed by atoms with E-state index >= 15 is 0 Å². The Morgan fingerprint density at radius 3 is 2.57 bits per heavy atom. The van der Waals surface area contributed by atoms with Crippen molar-refractivity contribution in [1.82, 2.24) is 0 Å². The molecule has 3 heteroatoms. The number of hydrogen-bond acceptors (Lipinski definition) is 2. The van der Waals surface area contributed by atoms with Gasteiger partial charge in [-0.25, -0.2) is 0 Å². The molecule has 4 rings (SSSR count). The lowest BCUT2D eigenvalue weighted by molar-refractivity contribution is 0.0977. The molecule has 1 aliphatic carbocycles. The van der Waals surface area contributed by atoms with Crippen LogP contribution in [0.1, 0.15) is 38.3 Å². The fraction of sp³-hybridized carbons (Fsp3) is 0.222. The second-order valence-electron chi connectivity index (χ2n) is 5.63. The number of anilines is 1. The molecule has 0 spiro atoms. The number of hydrogen-bond donors (Lipinski definition) is 0. The molecule has 0 saturated carbocycles. The quantitative estimate of drug-likeness (QED) is 0.803. The van der Waals surface area contributed by atoms with E-state index < -0.39 is 0 Å². The molecule has 21 heavy (non-hydrogen) atoms. The molecule has 0 saturated heterocycles. The van der Waals surface area contributed by atoms with E-state index in [1.807, 2.05) is 47.4 Å². The molecule has 2 aromatic rings. The van der Waals surface area contributed by atoms with Gasteiger partial charge in [0.05, 0.1) is 0 Å². The minimum absolute atomic E-state index is 0.0566. The zero-order valence-corrected chi connectivity index (χ0v) is 11.6. The highest BCUT2D eigenvalue weighted by Crippen LogP contribution is 2.29.